The zero-order chi connectivity index (χ0) is 9.84. The van der Waals surface area contributed by atoms with Crippen molar-refractivity contribution in [2.45, 2.75) is 26.3 Å². The van der Waals surface area contributed by atoms with Crippen molar-refractivity contribution in [1.82, 2.24) is 9.55 Å². The van der Waals surface area contributed by atoms with Gasteiger partial charge in [0.1, 0.15) is 5.69 Å². The summed E-state index contributed by atoms with van der Waals surface area (Å²) in [5.41, 5.74) is 5.20. The standard InChI is InChI=1S/C8H12ClN3O/c1-2-3-4-12-5-11-7(9)6(10)8(12)13/h5H,2-4,10H2,1H3. The second-order valence-corrected chi connectivity index (χ2v) is 3.16. The van der Waals surface area contributed by atoms with Crippen LogP contribution in [0.5, 0.6) is 0 Å². The number of aromatic nitrogens is 2. The average molecular weight is 202 g/mol. The maximum atomic E-state index is 11.4. The summed E-state index contributed by atoms with van der Waals surface area (Å²) in [5.74, 6) is 0. The predicted molar refractivity (Wildman–Crippen MR) is 52.8 cm³/mol. The van der Waals surface area contributed by atoms with E-state index in [0.717, 1.165) is 12.8 Å². The Morgan fingerprint density at radius 2 is 2.38 bits per heavy atom. The van der Waals surface area contributed by atoms with E-state index in [-0.39, 0.29) is 16.4 Å². The monoisotopic (exact) mass is 201 g/mol. The van der Waals surface area contributed by atoms with Crippen molar-refractivity contribution >= 4 is 17.3 Å². The normalized spacial score (nSPS) is 10.3. The number of nitrogens with two attached hydrogens (primary N) is 1. The van der Waals surface area contributed by atoms with Gasteiger partial charge in [0.05, 0.1) is 6.33 Å². The molecular formula is C8H12ClN3O. The Morgan fingerprint density at radius 1 is 1.69 bits per heavy atom. The van der Waals surface area contributed by atoms with Gasteiger partial charge in [0.25, 0.3) is 5.56 Å². The predicted octanol–water partition coefficient (Wildman–Crippen LogP) is 1.28. The molecule has 0 aliphatic carbocycles. The zero-order valence-corrected chi connectivity index (χ0v) is 8.21. The summed E-state index contributed by atoms with van der Waals surface area (Å²) in [7, 11) is 0. The number of unbranched alkanes of at least 4 members (excludes halogenated alkanes) is 1. The van der Waals surface area contributed by atoms with Crippen LogP contribution in [0, 0.1) is 0 Å². The largest absolute Gasteiger partial charge is 0.392 e. The Morgan fingerprint density at radius 3 is 3.00 bits per heavy atom. The first-order valence-corrected chi connectivity index (χ1v) is 4.55. The van der Waals surface area contributed by atoms with Gasteiger partial charge in [0, 0.05) is 6.54 Å². The van der Waals surface area contributed by atoms with Crippen LogP contribution in [0.3, 0.4) is 0 Å². The van der Waals surface area contributed by atoms with Gasteiger partial charge in [-0.2, -0.15) is 0 Å². The Bertz CT molecular complexity index is 348. The summed E-state index contributed by atoms with van der Waals surface area (Å²) in [5, 5.41) is 0.0812. The number of halogens is 1. The molecule has 5 heteroatoms. The molecule has 0 aliphatic rings. The van der Waals surface area contributed by atoms with Crippen molar-refractivity contribution in [3.63, 3.8) is 0 Å². The third-order valence-electron chi connectivity index (χ3n) is 1.78. The molecule has 0 radical (unpaired) electrons. The van der Waals surface area contributed by atoms with Crippen LogP contribution in [0.25, 0.3) is 0 Å². The molecule has 1 aromatic rings. The summed E-state index contributed by atoms with van der Waals surface area (Å²) in [6.45, 7) is 2.70. The van der Waals surface area contributed by atoms with Gasteiger partial charge >= 0.3 is 0 Å². The van der Waals surface area contributed by atoms with Crippen molar-refractivity contribution in [2.24, 2.45) is 0 Å². The fourth-order valence-corrected chi connectivity index (χ4v) is 1.10. The maximum Gasteiger partial charge on any atom is 0.278 e. The molecule has 1 aromatic heterocycles. The van der Waals surface area contributed by atoms with Crippen LogP contribution in [0.2, 0.25) is 5.15 Å². The molecule has 0 aromatic carbocycles. The smallest absolute Gasteiger partial charge is 0.278 e. The number of nitrogens with zero attached hydrogens (tertiary/aromatic N) is 2. The van der Waals surface area contributed by atoms with Crippen LogP contribution in [-0.2, 0) is 6.54 Å². The van der Waals surface area contributed by atoms with Gasteiger partial charge < -0.3 is 5.73 Å². The zero-order valence-electron chi connectivity index (χ0n) is 7.46. The van der Waals surface area contributed by atoms with Crippen molar-refractivity contribution in [3.8, 4) is 0 Å². The molecule has 0 saturated carbocycles. The summed E-state index contributed by atoms with van der Waals surface area (Å²) in [4.78, 5) is 15.2. The van der Waals surface area contributed by atoms with Crippen LogP contribution >= 0.6 is 11.6 Å². The molecule has 0 saturated heterocycles. The first-order valence-electron chi connectivity index (χ1n) is 4.17. The Labute approximate surface area is 81.3 Å². The highest BCUT2D eigenvalue weighted by Crippen LogP contribution is 2.08. The van der Waals surface area contributed by atoms with E-state index in [4.69, 9.17) is 17.3 Å². The summed E-state index contributed by atoms with van der Waals surface area (Å²) < 4.78 is 1.48. The minimum atomic E-state index is -0.256. The highest BCUT2D eigenvalue weighted by atomic mass is 35.5. The van der Waals surface area contributed by atoms with E-state index in [0.29, 0.717) is 6.54 Å². The van der Waals surface area contributed by atoms with E-state index in [2.05, 4.69) is 11.9 Å². The van der Waals surface area contributed by atoms with E-state index >= 15 is 0 Å². The van der Waals surface area contributed by atoms with Gasteiger partial charge in [0.2, 0.25) is 0 Å². The van der Waals surface area contributed by atoms with Gasteiger partial charge in [-0.15, -0.1) is 0 Å². The fraction of sp³-hybridized carbons (Fsp3) is 0.500. The molecule has 13 heavy (non-hydrogen) atoms. The Kier molecular flexibility index (Phi) is 3.31. The summed E-state index contributed by atoms with van der Waals surface area (Å²) in [6.07, 6.45) is 3.38. The number of rotatable bonds is 3. The molecule has 0 fully saturated rings. The van der Waals surface area contributed by atoms with Gasteiger partial charge in [0.15, 0.2) is 5.15 Å². The lowest BCUT2D eigenvalue weighted by Gasteiger charge is -2.04. The van der Waals surface area contributed by atoms with Crippen LogP contribution in [0.1, 0.15) is 19.8 Å². The average Bonchev–Trinajstić information content (AvgIpc) is 2.13. The highest BCUT2D eigenvalue weighted by molar-refractivity contribution is 6.31. The lowest BCUT2D eigenvalue weighted by atomic mass is 10.3. The third-order valence-corrected chi connectivity index (χ3v) is 2.08. The number of nitrogen functional groups attached to an aromatic ring is 1. The molecule has 0 bridgehead atoms. The molecule has 2 N–H and O–H groups in total. The molecule has 4 nitrogen and oxygen atoms in total. The highest BCUT2D eigenvalue weighted by Gasteiger charge is 2.04. The minimum Gasteiger partial charge on any atom is -0.392 e. The first-order chi connectivity index (χ1) is 6.16. The van der Waals surface area contributed by atoms with Crippen molar-refractivity contribution < 1.29 is 0 Å². The SMILES string of the molecule is CCCCn1cnc(Cl)c(N)c1=O. The molecule has 0 atom stereocenters. The molecule has 0 amide bonds. The van der Waals surface area contributed by atoms with Crippen molar-refractivity contribution in [2.75, 3.05) is 5.73 Å². The molecule has 0 aliphatic heterocycles. The van der Waals surface area contributed by atoms with Gasteiger partial charge in [-0.3, -0.25) is 9.36 Å². The third kappa shape index (κ3) is 2.21. The molecule has 72 valence electrons. The number of hydrogen-bond donors (Lipinski definition) is 1. The van der Waals surface area contributed by atoms with Gasteiger partial charge in [-0.25, -0.2) is 4.98 Å². The molecular weight excluding hydrogens is 190 g/mol. The van der Waals surface area contributed by atoms with Crippen LogP contribution < -0.4 is 11.3 Å². The lowest BCUT2D eigenvalue weighted by molar-refractivity contribution is 0.605. The number of aryl methyl sites for hydroxylation is 1. The van der Waals surface area contributed by atoms with E-state index < -0.39 is 0 Å². The number of anilines is 1. The van der Waals surface area contributed by atoms with E-state index in [1.165, 1.54) is 10.9 Å². The molecule has 1 heterocycles. The van der Waals surface area contributed by atoms with Crippen molar-refractivity contribution in [1.29, 1.82) is 0 Å². The summed E-state index contributed by atoms with van der Waals surface area (Å²) >= 11 is 5.57. The fourth-order valence-electron chi connectivity index (χ4n) is 0.973. The Hall–Kier alpha value is -1.03. The summed E-state index contributed by atoms with van der Waals surface area (Å²) in [6, 6.07) is 0. The molecule has 0 spiro atoms. The molecule has 0 unspecified atom stereocenters. The molecule has 1 rings (SSSR count). The number of hydrogen-bond acceptors (Lipinski definition) is 3. The minimum absolute atomic E-state index is 0.0280. The van der Waals surface area contributed by atoms with Crippen LogP contribution in [0.15, 0.2) is 11.1 Å². The topological polar surface area (TPSA) is 60.9 Å². The van der Waals surface area contributed by atoms with E-state index in [9.17, 15) is 4.79 Å². The maximum absolute atomic E-state index is 11.4. The Balaban J connectivity index is 2.97. The second kappa shape index (κ2) is 4.28. The lowest BCUT2D eigenvalue weighted by Crippen LogP contribution is -2.23. The van der Waals surface area contributed by atoms with Crippen LogP contribution in [0.4, 0.5) is 5.69 Å². The van der Waals surface area contributed by atoms with Gasteiger partial charge in [-0.1, -0.05) is 24.9 Å². The first kappa shape index (κ1) is 10.1. The van der Waals surface area contributed by atoms with Crippen LogP contribution in [-0.4, -0.2) is 9.55 Å². The quantitative estimate of drug-likeness (QED) is 0.750. The van der Waals surface area contributed by atoms with Gasteiger partial charge in [-0.05, 0) is 6.42 Å². The van der Waals surface area contributed by atoms with E-state index in [1.807, 2.05) is 0 Å². The second-order valence-electron chi connectivity index (χ2n) is 2.80. The van der Waals surface area contributed by atoms with E-state index in [1.54, 1.807) is 0 Å². The van der Waals surface area contributed by atoms with Crippen molar-refractivity contribution in [3.05, 3.63) is 21.8 Å².